The van der Waals surface area contributed by atoms with Gasteiger partial charge in [0.05, 0.1) is 18.0 Å². The van der Waals surface area contributed by atoms with E-state index in [1.807, 2.05) is 49.4 Å². The van der Waals surface area contributed by atoms with Crippen molar-refractivity contribution in [3.63, 3.8) is 0 Å². The third-order valence-electron chi connectivity index (χ3n) is 8.17. The van der Waals surface area contributed by atoms with Crippen molar-refractivity contribution in [3.8, 4) is 0 Å². The van der Waals surface area contributed by atoms with Gasteiger partial charge in [-0.3, -0.25) is 9.10 Å². The molecule has 1 atom stereocenters. The summed E-state index contributed by atoms with van der Waals surface area (Å²) in [6.45, 7) is 1.67. The molecule has 1 unspecified atom stereocenters. The van der Waals surface area contributed by atoms with Gasteiger partial charge in [-0.1, -0.05) is 42.5 Å². The van der Waals surface area contributed by atoms with Crippen molar-refractivity contribution in [1.29, 1.82) is 0 Å². The van der Waals surface area contributed by atoms with Crippen molar-refractivity contribution in [2.24, 2.45) is 17.8 Å². The van der Waals surface area contributed by atoms with E-state index in [9.17, 15) is 13.2 Å². The number of nitrogens with one attached hydrogen (secondary N) is 1. The van der Waals surface area contributed by atoms with Gasteiger partial charge < -0.3 is 5.32 Å². The molecule has 1 N–H and O–H groups in total. The van der Waals surface area contributed by atoms with Crippen LogP contribution >= 0.6 is 0 Å². The number of anilines is 1. The van der Waals surface area contributed by atoms with Gasteiger partial charge in [0, 0.05) is 0 Å². The van der Waals surface area contributed by atoms with E-state index in [1.54, 1.807) is 0 Å². The Hall–Kier alpha value is -2.34. The first kappa shape index (κ1) is 22.5. The van der Waals surface area contributed by atoms with Crippen LogP contribution in [0, 0.1) is 17.8 Å². The fourth-order valence-electron chi connectivity index (χ4n) is 7.09. The Balaban J connectivity index is 1.32. The number of hydrogen-bond acceptors (Lipinski definition) is 3. The highest BCUT2D eigenvalue weighted by atomic mass is 32.2. The van der Waals surface area contributed by atoms with Crippen LogP contribution in [0.2, 0.25) is 0 Å². The molecule has 0 spiro atoms. The predicted molar refractivity (Wildman–Crippen MR) is 131 cm³/mol. The minimum absolute atomic E-state index is 0.196. The molecule has 6 heteroatoms. The fraction of sp³-hybridized carbons (Fsp3) is 0.519. The molecule has 176 valence electrons. The molecule has 4 aliphatic rings. The third-order valence-corrected chi connectivity index (χ3v) is 9.31. The van der Waals surface area contributed by atoms with E-state index in [-0.39, 0.29) is 23.9 Å². The average Bonchev–Trinajstić information content (AvgIpc) is 2.76. The highest BCUT2D eigenvalue weighted by molar-refractivity contribution is 7.92. The maximum Gasteiger partial charge on any atom is 0.241 e. The van der Waals surface area contributed by atoms with Crippen LogP contribution in [0.25, 0.3) is 0 Å². The van der Waals surface area contributed by atoms with E-state index in [1.165, 1.54) is 48.4 Å². The van der Waals surface area contributed by atoms with E-state index >= 15 is 0 Å². The van der Waals surface area contributed by atoms with E-state index in [0.29, 0.717) is 5.69 Å². The Morgan fingerprint density at radius 3 is 2.03 bits per heavy atom. The molecule has 4 saturated carbocycles. The van der Waals surface area contributed by atoms with Gasteiger partial charge in [0.25, 0.3) is 0 Å². The summed E-state index contributed by atoms with van der Waals surface area (Å²) < 4.78 is 26.4. The summed E-state index contributed by atoms with van der Waals surface area (Å²) in [6.07, 6.45) is 9.17. The molecule has 0 saturated heterocycles. The summed E-state index contributed by atoms with van der Waals surface area (Å²) in [5.41, 5.74) is 3.15. The first-order valence-corrected chi connectivity index (χ1v) is 14.0. The number of nitrogens with zero attached hydrogens (tertiary/aromatic N) is 1. The standard InChI is InChI=1S/C27H34N2O3S/c1-19(23-6-4-3-5-7-23)28-26(30)18-29(33(2,31)32)25-10-8-24(9-11-25)27-15-20-12-21(16-27)14-22(13-20)17-27/h3-11,19-22H,12-18H2,1-2H3,(H,28,30). The highest BCUT2D eigenvalue weighted by Crippen LogP contribution is 2.60. The minimum Gasteiger partial charge on any atom is -0.348 e. The lowest BCUT2D eigenvalue weighted by molar-refractivity contribution is -0.120. The molecule has 5 nitrogen and oxygen atoms in total. The summed E-state index contributed by atoms with van der Waals surface area (Å²) >= 11 is 0. The summed E-state index contributed by atoms with van der Waals surface area (Å²) in [5.74, 6) is 2.26. The second-order valence-electron chi connectivity index (χ2n) is 10.7. The normalized spacial score (nSPS) is 29.0. The van der Waals surface area contributed by atoms with Crippen LogP contribution in [0.4, 0.5) is 5.69 Å². The second-order valence-corrected chi connectivity index (χ2v) is 12.6. The average molecular weight is 467 g/mol. The summed E-state index contributed by atoms with van der Waals surface area (Å²) in [5, 5.41) is 2.92. The second kappa shape index (κ2) is 8.46. The zero-order valence-corrected chi connectivity index (χ0v) is 20.4. The maximum absolute atomic E-state index is 12.7. The lowest BCUT2D eigenvalue weighted by Gasteiger charge is -2.57. The van der Waals surface area contributed by atoms with Crippen LogP contribution in [-0.4, -0.2) is 27.1 Å². The van der Waals surface area contributed by atoms with Gasteiger partial charge in [-0.15, -0.1) is 0 Å². The molecule has 0 aliphatic heterocycles. The molecule has 2 aromatic carbocycles. The van der Waals surface area contributed by atoms with Crippen LogP contribution in [0.1, 0.15) is 62.6 Å². The molecule has 0 heterocycles. The van der Waals surface area contributed by atoms with Crippen LogP contribution in [0.15, 0.2) is 54.6 Å². The van der Waals surface area contributed by atoms with Crippen LogP contribution in [0.3, 0.4) is 0 Å². The Morgan fingerprint density at radius 1 is 0.970 bits per heavy atom. The van der Waals surface area contributed by atoms with E-state index in [4.69, 9.17) is 0 Å². The molecule has 33 heavy (non-hydrogen) atoms. The molecule has 0 aromatic heterocycles. The molecule has 2 aromatic rings. The molecule has 4 fully saturated rings. The number of carbonyl (C=O) groups is 1. The van der Waals surface area contributed by atoms with Crippen molar-refractivity contribution in [1.82, 2.24) is 5.32 Å². The van der Waals surface area contributed by atoms with Crippen LogP contribution in [-0.2, 0) is 20.2 Å². The van der Waals surface area contributed by atoms with Gasteiger partial charge in [0.2, 0.25) is 15.9 Å². The SMILES string of the molecule is CC(NC(=O)CN(c1ccc(C23CC4CC(CC(C4)C2)C3)cc1)S(C)(=O)=O)c1ccccc1. The third kappa shape index (κ3) is 4.54. The van der Waals surface area contributed by atoms with Gasteiger partial charge in [-0.2, -0.15) is 0 Å². The maximum atomic E-state index is 12.7. The van der Waals surface area contributed by atoms with Crippen molar-refractivity contribution < 1.29 is 13.2 Å². The van der Waals surface area contributed by atoms with Crippen molar-refractivity contribution in [2.75, 3.05) is 17.1 Å². The summed E-state index contributed by atoms with van der Waals surface area (Å²) in [6, 6.07) is 17.5. The molecular weight excluding hydrogens is 432 g/mol. The fourth-order valence-corrected chi connectivity index (χ4v) is 7.94. The Bertz CT molecular complexity index is 1080. The first-order valence-electron chi connectivity index (χ1n) is 12.1. The minimum atomic E-state index is -3.60. The summed E-state index contributed by atoms with van der Waals surface area (Å²) in [4.78, 5) is 12.7. The van der Waals surface area contributed by atoms with E-state index < -0.39 is 10.0 Å². The Kier molecular flexibility index (Phi) is 5.76. The summed E-state index contributed by atoms with van der Waals surface area (Å²) in [7, 11) is -3.60. The van der Waals surface area contributed by atoms with Crippen molar-refractivity contribution in [2.45, 2.75) is 56.9 Å². The lowest BCUT2D eigenvalue weighted by Crippen LogP contribution is -2.48. The van der Waals surface area contributed by atoms with Crippen molar-refractivity contribution in [3.05, 3.63) is 65.7 Å². The topological polar surface area (TPSA) is 66.5 Å². The monoisotopic (exact) mass is 466 g/mol. The number of rotatable bonds is 7. The van der Waals surface area contributed by atoms with Gasteiger partial charge in [-0.05, 0) is 91.9 Å². The Labute approximate surface area is 197 Å². The molecule has 1 amide bonds. The smallest absolute Gasteiger partial charge is 0.241 e. The van der Waals surface area contributed by atoms with E-state index in [0.717, 1.165) is 29.6 Å². The molecule has 4 bridgehead atoms. The van der Waals surface area contributed by atoms with Crippen LogP contribution in [0.5, 0.6) is 0 Å². The molecule has 4 aliphatic carbocycles. The zero-order chi connectivity index (χ0) is 23.2. The lowest BCUT2D eigenvalue weighted by atomic mass is 9.48. The quantitative estimate of drug-likeness (QED) is 0.638. The number of benzene rings is 2. The predicted octanol–water partition coefficient (Wildman–Crippen LogP) is 4.80. The zero-order valence-electron chi connectivity index (χ0n) is 19.5. The van der Waals surface area contributed by atoms with Gasteiger partial charge in [0.15, 0.2) is 0 Å². The van der Waals surface area contributed by atoms with Gasteiger partial charge in [-0.25, -0.2) is 8.42 Å². The Morgan fingerprint density at radius 2 is 1.52 bits per heavy atom. The number of carbonyl (C=O) groups excluding carboxylic acids is 1. The molecule has 6 rings (SSSR count). The number of amides is 1. The molecular formula is C27H34N2O3S. The first-order chi connectivity index (χ1) is 15.7. The largest absolute Gasteiger partial charge is 0.348 e. The number of sulfonamides is 1. The number of hydrogen-bond donors (Lipinski definition) is 1. The molecule has 0 radical (unpaired) electrons. The van der Waals surface area contributed by atoms with E-state index in [2.05, 4.69) is 17.4 Å². The van der Waals surface area contributed by atoms with Gasteiger partial charge >= 0.3 is 0 Å². The van der Waals surface area contributed by atoms with Crippen molar-refractivity contribution >= 4 is 21.6 Å². The van der Waals surface area contributed by atoms with Crippen LogP contribution < -0.4 is 9.62 Å². The highest BCUT2D eigenvalue weighted by Gasteiger charge is 2.51. The van der Waals surface area contributed by atoms with Gasteiger partial charge in [0.1, 0.15) is 6.54 Å².